The molecule has 2 atom stereocenters. The zero-order chi connectivity index (χ0) is 13.0. The molecule has 0 heterocycles. The van der Waals surface area contributed by atoms with Crippen LogP contribution >= 0.6 is 0 Å². The molecule has 96 valence electrons. The second-order valence-electron chi connectivity index (χ2n) is 5.10. The van der Waals surface area contributed by atoms with Gasteiger partial charge in [0.2, 0.25) is 0 Å². The van der Waals surface area contributed by atoms with Gasteiger partial charge in [-0.05, 0) is 40.5 Å². The van der Waals surface area contributed by atoms with E-state index < -0.39 is 17.1 Å². The Balaban J connectivity index is 5.14. The number of aliphatic hydroxyl groups excluding tert-OH is 2. The van der Waals surface area contributed by atoms with Crippen LogP contribution in [0.4, 0.5) is 0 Å². The fourth-order valence-electron chi connectivity index (χ4n) is 2.32. The summed E-state index contributed by atoms with van der Waals surface area (Å²) in [6, 6.07) is 0. The first kappa shape index (κ1) is 15.6. The van der Waals surface area contributed by atoms with Crippen LogP contribution in [0, 0.1) is 5.41 Å². The molecular formula is C12H24O4. The van der Waals surface area contributed by atoms with Crippen LogP contribution in [0.25, 0.3) is 0 Å². The van der Waals surface area contributed by atoms with Crippen molar-refractivity contribution in [1.29, 1.82) is 0 Å². The van der Waals surface area contributed by atoms with Crippen molar-refractivity contribution in [3.05, 3.63) is 0 Å². The summed E-state index contributed by atoms with van der Waals surface area (Å²) in [5.74, 6) is -0.0686. The van der Waals surface area contributed by atoms with E-state index in [-0.39, 0.29) is 18.8 Å². The number of ketones is 1. The standard InChI is InChI=1S/C12H24O4/c1-9(14)8-12(10(2)15,6-5-7-13)11(3,4)16/h10,13,15-16H,5-8H2,1-4H3. The van der Waals surface area contributed by atoms with E-state index >= 15 is 0 Å². The lowest BCUT2D eigenvalue weighted by molar-refractivity contribution is -0.146. The molecule has 0 aliphatic rings. The summed E-state index contributed by atoms with van der Waals surface area (Å²) in [6.45, 7) is 6.21. The zero-order valence-electron chi connectivity index (χ0n) is 10.7. The fourth-order valence-corrected chi connectivity index (χ4v) is 2.32. The summed E-state index contributed by atoms with van der Waals surface area (Å²) in [7, 11) is 0. The van der Waals surface area contributed by atoms with Crippen molar-refractivity contribution in [3.8, 4) is 0 Å². The molecule has 0 aliphatic carbocycles. The smallest absolute Gasteiger partial charge is 0.130 e. The van der Waals surface area contributed by atoms with Gasteiger partial charge in [-0.25, -0.2) is 0 Å². The zero-order valence-corrected chi connectivity index (χ0v) is 10.7. The third-order valence-corrected chi connectivity index (χ3v) is 3.36. The highest BCUT2D eigenvalue weighted by Gasteiger charge is 2.47. The normalized spacial score (nSPS) is 17.9. The summed E-state index contributed by atoms with van der Waals surface area (Å²) in [5, 5.41) is 28.9. The van der Waals surface area contributed by atoms with Crippen LogP contribution in [0.2, 0.25) is 0 Å². The van der Waals surface area contributed by atoms with Gasteiger partial charge in [-0.1, -0.05) is 0 Å². The van der Waals surface area contributed by atoms with Gasteiger partial charge in [0.1, 0.15) is 5.78 Å². The highest BCUT2D eigenvalue weighted by Crippen LogP contribution is 2.42. The Labute approximate surface area is 97.3 Å². The summed E-state index contributed by atoms with van der Waals surface area (Å²) in [6.07, 6.45) is 0.198. The SMILES string of the molecule is CC(=O)CC(CCCO)(C(C)O)C(C)(C)O. The third kappa shape index (κ3) is 3.54. The first-order valence-electron chi connectivity index (χ1n) is 5.68. The first-order chi connectivity index (χ1) is 7.17. The number of hydrogen-bond acceptors (Lipinski definition) is 4. The van der Waals surface area contributed by atoms with Crippen molar-refractivity contribution in [3.63, 3.8) is 0 Å². The highest BCUT2D eigenvalue weighted by atomic mass is 16.3. The maximum Gasteiger partial charge on any atom is 0.130 e. The van der Waals surface area contributed by atoms with Gasteiger partial charge >= 0.3 is 0 Å². The Morgan fingerprint density at radius 1 is 1.38 bits per heavy atom. The second kappa shape index (κ2) is 5.75. The van der Waals surface area contributed by atoms with E-state index in [9.17, 15) is 15.0 Å². The minimum atomic E-state index is -1.16. The molecule has 0 spiro atoms. The number of carbonyl (C=O) groups is 1. The average Bonchev–Trinajstić information content (AvgIpc) is 2.09. The molecule has 0 fully saturated rings. The Morgan fingerprint density at radius 2 is 1.88 bits per heavy atom. The summed E-state index contributed by atoms with van der Waals surface area (Å²) in [5.41, 5.74) is -2.05. The quantitative estimate of drug-likeness (QED) is 0.609. The Morgan fingerprint density at radius 3 is 2.12 bits per heavy atom. The predicted octanol–water partition coefficient (Wildman–Crippen LogP) is 0.876. The predicted molar refractivity (Wildman–Crippen MR) is 62.0 cm³/mol. The molecule has 3 N–H and O–H groups in total. The average molecular weight is 232 g/mol. The van der Waals surface area contributed by atoms with E-state index in [1.807, 2.05) is 0 Å². The van der Waals surface area contributed by atoms with Gasteiger partial charge < -0.3 is 20.1 Å². The fraction of sp³-hybridized carbons (Fsp3) is 0.917. The maximum absolute atomic E-state index is 11.3. The lowest BCUT2D eigenvalue weighted by atomic mass is 9.64. The third-order valence-electron chi connectivity index (χ3n) is 3.36. The molecule has 0 radical (unpaired) electrons. The summed E-state index contributed by atoms with van der Waals surface area (Å²) >= 11 is 0. The largest absolute Gasteiger partial charge is 0.396 e. The van der Waals surface area contributed by atoms with Crippen molar-refractivity contribution in [2.24, 2.45) is 5.41 Å². The van der Waals surface area contributed by atoms with Crippen LogP contribution in [-0.2, 0) is 4.79 Å². The van der Waals surface area contributed by atoms with Crippen molar-refractivity contribution in [1.82, 2.24) is 0 Å². The van der Waals surface area contributed by atoms with Gasteiger partial charge in [0, 0.05) is 18.4 Å². The van der Waals surface area contributed by atoms with E-state index in [4.69, 9.17) is 5.11 Å². The van der Waals surface area contributed by atoms with Gasteiger partial charge in [-0.15, -0.1) is 0 Å². The molecule has 2 unspecified atom stereocenters. The molecule has 4 heteroatoms. The number of Topliss-reactive ketones (excluding diaryl/α,β-unsaturated/α-hetero) is 1. The van der Waals surface area contributed by atoms with E-state index in [1.165, 1.54) is 6.92 Å². The molecule has 0 aromatic heterocycles. The van der Waals surface area contributed by atoms with Gasteiger partial charge in [-0.2, -0.15) is 0 Å². The molecule has 0 saturated heterocycles. The monoisotopic (exact) mass is 232 g/mol. The van der Waals surface area contributed by atoms with E-state index in [2.05, 4.69) is 0 Å². The van der Waals surface area contributed by atoms with E-state index in [1.54, 1.807) is 20.8 Å². The van der Waals surface area contributed by atoms with Crippen LogP contribution in [0.5, 0.6) is 0 Å². The van der Waals surface area contributed by atoms with E-state index in [0.29, 0.717) is 12.8 Å². The molecule has 0 rings (SSSR count). The molecule has 0 saturated carbocycles. The first-order valence-corrected chi connectivity index (χ1v) is 5.68. The van der Waals surface area contributed by atoms with Crippen LogP contribution < -0.4 is 0 Å². The Kier molecular flexibility index (Phi) is 5.59. The topological polar surface area (TPSA) is 77.8 Å². The second-order valence-corrected chi connectivity index (χ2v) is 5.10. The van der Waals surface area contributed by atoms with Crippen LogP contribution in [0.1, 0.15) is 47.0 Å². The van der Waals surface area contributed by atoms with Crippen LogP contribution in [0.3, 0.4) is 0 Å². The van der Waals surface area contributed by atoms with Crippen molar-refractivity contribution < 1.29 is 20.1 Å². The Bertz CT molecular complexity index is 230. The number of hydrogen-bond donors (Lipinski definition) is 3. The summed E-state index contributed by atoms with van der Waals surface area (Å²) in [4.78, 5) is 11.3. The van der Waals surface area contributed by atoms with Crippen molar-refractivity contribution in [2.45, 2.75) is 58.7 Å². The lowest BCUT2D eigenvalue weighted by Gasteiger charge is -2.45. The molecule has 0 amide bonds. The van der Waals surface area contributed by atoms with Crippen molar-refractivity contribution in [2.75, 3.05) is 6.61 Å². The number of rotatable bonds is 7. The molecule has 0 aromatic rings. The van der Waals surface area contributed by atoms with Gasteiger partial charge in [0.05, 0.1) is 11.7 Å². The van der Waals surface area contributed by atoms with Crippen LogP contribution in [-0.4, -0.2) is 39.4 Å². The molecule has 0 aliphatic heterocycles. The van der Waals surface area contributed by atoms with Gasteiger partial charge in [0.15, 0.2) is 0 Å². The number of aliphatic hydroxyl groups is 3. The van der Waals surface area contributed by atoms with Gasteiger partial charge in [-0.3, -0.25) is 0 Å². The maximum atomic E-state index is 11.3. The van der Waals surface area contributed by atoms with Gasteiger partial charge in [0.25, 0.3) is 0 Å². The van der Waals surface area contributed by atoms with Crippen molar-refractivity contribution >= 4 is 5.78 Å². The molecule has 4 nitrogen and oxygen atoms in total. The Hall–Kier alpha value is -0.450. The summed E-state index contributed by atoms with van der Waals surface area (Å²) < 4.78 is 0. The molecule has 0 bridgehead atoms. The molecular weight excluding hydrogens is 208 g/mol. The minimum absolute atomic E-state index is 0.0115. The number of carbonyl (C=O) groups excluding carboxylic acids is 1. The highest BCUT2D eigenvalue weighted by molar-refractivity contribution is 5.76. The van der Waals surface area contributed by atoms with E-state index in [0.717, 1.165) is 0 Å². The minimum Gasteiger partial charge on any atom is -0.396 e. The van der Waals surface area contributed by atoms with Crippen LogP contribution in [0.15, 0.2) is 0 Å². The molecule has 0 aromatic carbocycles. The molecule has 16 heavy (non-hydrogen) atoms. The lowest BCUT2D eigenvalue weighted by Crippen LogP contribution is -2.51.